The van der Waals surface area contributed by atoms with E-state index >= 15 is 0 Å². The monoisotopic (exact) mass is 317 g/mol. The number of amides is 1. The molecule has 1 aromatic heterocycles. The van der Waals surface area contributed by atoms with Crippen LogP contribution in [0.1, 0.15) is 28.0 Å². The number of rotatable bonds is 2. The maximum Gasteiger partial charge on any atom is 0.266 e. The van der Waals surface area contributed by atoms with Gasteiger partial charge < -0.3 is 5.32 Å². The lowest BCUT2D eigenvalue weighted by atomic mass is 9.92. The van der Waals surface area contributed by atoms with Crippen molar-refractivity contribution in [1.82, 2.24) is 15.1 Å². The summed E-state index contributed by atoms with van der Waals surface area (Å²) < 4.78 is 1.35. The molecule has 114 valence electrons. The highest BCUT2D eigenvalue weighted by Gasteiger charge is 2.22. The number of benzene rings is 1. The summed E-state index contributed by atoms with van der Waals surface area (Å²) in [6.07, 6.45) is 2.21. The first-order valence-electron chi connectivity index (χ1n) is 7.15. The molecule has 1 heterocycles. The molecular weight excluding hydrogens is 302 g/mol. The van der Waals surface area contributed by atoms with E-state index in [1.54, 1.807) is 37.4 Å². The van der Waals surface area contributed by atoms with Gasteiger partial charge in [0.25, 0.3) is 11.5 Å². The minimum absolute atomic E-state index is 0.0181. The molecule has 5 nitrogen and oxygen atoms in total. The molecule has 1 atom stereocenters. The van der Waals surface area contributed by atoms with Gasteiger partial charge in [-0.15, -0.1) is 0 Å². The average Bonchev–Trinajstić information content (AvgIpc) is 2.49. The topological polar surface area (TPSA) is 64.0 Å². The summed E-state index contributed by atoms with van der Waals surface area (Å²) in [4.78, 5) is 23.9. The van der Waals surface area contributed by atoms with E-state index in [1.165, 1.54) is 4.68 Å². The third kappa shape index (κ3) is 3.04. The Balaban J connectivity index is 1.72. The number of carbonyl (C=O) groups is 1. The summed E-state index contributed by atoms with van der Waals surface area (Å²) >= 11 is 5.82. The second-order valence-electron chi connectivity index (χ2n) is 5.50. The van der Waals surface area contributed by atoms with Crippen molar-refractivity contribution in [3.05, 3.63) is 62.5 Å². The highest BCUT2D eigenvalue weighted by molar-refractivity contribution is 6.30. The van der Waals surface area contributed by atoms with Crippen molar-refractivity contribution in [2.24, 2.45) is 7.05 Å². The van der Waals surface area contributed by atoms with E-state index in [4.69, 9.17) is 11.6 Å². The van der Waals surface area contributed by atoms with Gasteiger partial charge in [-0.1, -0.05) is 11.6 Å². The number of aromatic nitrogens is 2. The van der Waals surface area contributed by atoms with Crippen molar-refractivity contribution in [2.75, 3.05) is 0 Å². The van der Waals surface area contributed by atoms with Crippen LogP contribution in [0.5, 0.6) is 0 Å². The molecule has 0 spiro atoms. The molecule has 1 aliphatic carbocycles. The van der Waals surface area contributed by atoms with E-state index in [0.717, 1.165) is 24.1 Å². The van der Waals surface area contributed by atoms with Crippen molar-refractivity contribution >= 4 is 17.5 Å². The molecule has 0 saturated heterocycles. The number of hydrogen-bond acceptors (Lipinski definition) is 3. The number of carbonyl (C=O) groups excluding carboxylic acids is 1. The van der Waals surface area contributed by atoms with E-state index in [2.05, 4.69) is 10.4 Å². The number of fused-ring (bicyclic) bond motifs is 1. The van der Waals surface area contributed by atoms with Crippen LogP contribution in [0.15, 0.2) is 35.1 Å². The van der Waals surface area contributed by atoms with Gasteiger partial charge in [0.1, 0.15) is 0 Å². The molecule has 1 amide bonds. The molecule has 2 aromatic rings. The van der Waals surface area contributed by atoms with Crippen LogP contribution in [0, 0.1) is 0 Å². The molecule has 0 aliphatic heterocycles. The Morgan fingerprint density at radius 1 is 1.36 bits per heavy atom. The largest absolute Gasteiger partial charge is 0.349 e. The van der Waals surface area contributed by atoms with Crippen LogP contribution in [-0.2, 0) is 19.9 Å². The predicted octanol–water partition coefficient (Wildman–Crippen LogP) is 1.72. The van der Waals surface area contributed by atoms with E-state index < -0.39 is 0 Å². The van der Waals surface area contributed by atoms with Gasteiger partial charge >= 0.3 is 0 Å². The zero-order valence-corrected chi connectivity index (χ0v) is 12.9. The number of nitrogens with one attached hydrogen (secondary N) is 1. The molecule has 0 radical (unpaired) electrons. The number of nitrogens with zero attached hydrogens (tertiary/aromatic N) is 2. The Bertz CT molecular complexity index is 768. The summed E-state index contributed by atoms with van der Waals surface area (Å²) in [6.45, 7) is 0. The van der Waals surface area contributed by atoms with Gasteiger partial charge in [0.15, 0.2) is 0 Å². The van der Waals surface area contributed by atoms with Crippen LogP contribution >= 0.6 is 11.6 Å². The van der Waals surface area contributed by atoms with Gasteiger partial charge in [-0.05, 0) is 49.1 Å². The molecule has 1 unspecified atom stereocenters. The summed E-state index contributed by atoms with van der Waals surface area (Å²) in [5.74, 6) is -0.123. The molecule has 22 heavy (non-hydrogen) atoms. The van der Waals surface area contributed by atoms with Crippen LogP contribution < -0.4 is 10.9 Å². The fourth-order valence-corrected chi connectivity index (χ4v) is 2.81. The van der Waals surface area contributed by atoms with Crippen molar-refractivity contribution < 1.29 is 4.79 Å². The SMILES string of the molecule is Cn1nc2c(cc1=O)CC(NC(=O)c1ccc(Cl)cc1)CC2. The van der Waals surface area contributed by atoms with Crippen molar-refractivity contribution in [1.29, 1.82) is 0 Å². The Labute approximate surface area is 132 Å². The Morgan fingerprint density at radius 2 is 2.09 bits per heavy atom. The second kappa shape index (κ2) is 5.93. The molecule has 1 aromatic carbocycles. The molecular formula is C16H16ClN3O2. The number of halogens is 1. The van der Waals surface area contributed by atoms with Gasteiger partial charge in [0, 0.05) is 29.7 Å². The fraction of sp³-hybridized carbons (Fsp3) is 0.312. The van der Waals surface area contributed by atoms with E-state index in [-0.39, 0.29) is 17.5 Å². The standard InChI is InChI=1S/C16H16ClN3O2/c1-20-15(21)9-11-8-13(6-7-14(11)19-20)18-16(22)10-2-4-12(17)5-3-10/h2-5,9,13H,6-8H2,1H3,(H,18,22). The van der Waals surface area contributed by atoms with Crippen LogP contribution in [-0.4, -0.2) is 21.7 Å². The first-order chi connectivity index (χ1) is 10.5. The zero-order valence-electron chi connectivity index (χ0n) is 12.2. The molecule has 6 heteroatoms. The van der Waals surface area contributed by atoms with Crippen molar-refractivity contribution in [3.63, 3.8) is 0 Å². The van der Waals surface area contributed by atoms with E-state index in [9.17, 15) is 9.59 Å². The maximum atomic E-state index is 12.2. The number of aryl methyl sites for hydroxylation is 2. The minimum atomic E-state index is -0.123. The van der Waals surface area contributed by atoms with Gasteiger partial charge in [-0.25, -0.2) is 4.68 Å². The third-order valence-corrected chi connectivity index (χ3v) is 4.15. The summed E-state index contributed by atoms with van der Waals surface area (Å²) in [5, 5.41) is 7.88. The van der Waals surface area contributed by atoms with Crippen LogP contribution in [0.3, 0.4) is 0 Å². The van der Waals surface area contributed by atoms with Crippen LogP contribution in [0.4, 0.5) is 0 Å². The molecule has 3 rings (SSSR count). The summed E-state index contributed by atoms with van der Waals surface area (Å²) in [7, 11) is 1.65. The van der Waals surface area contributed by atoms with Crippen LogP contribution in [0.25, 0.3) is 0 Å². The van der Waals surface area contributed by atoms with Crippen molar-refractivity contribution in [2.45, 2.75) is 25.3 Å². The average molecular weight is 318 g/mol. The lowest BCUT2D eigenvalue weighted by molar-refractivity contribution is 0.0933. The molecule has 0 fully saturated rings. The minimum Gasteiger partial charge on any atom is -0.349 e. The van der Waals surface area contributed by atoms with Crippen LogP contribution in [0.2, 0.25) is 5.02 Å². The Kier molecular flexibility index (Phi) is 3.98. The lowest BCUT2D eigenvalue weighted by Gasteiger charge is -2.24. The van der Waals surface area contributed by atoms with Gasteiger partial charge in [-0.3, -0.25) is 9.59 Å². The first kappa shape index (κ1) is 14.8. The molecule has 0 saturated carbocycles. The number of hydrogen-bond donors (Lipinski definition) is 1. The zero-order chi connectivity index (χ0) is 15.7. The normalized spacial score (nSPS) is 16.9. The fourth-order valence-electron chi connectivity index (χ4n) is 2.68. The predicted molar refractivity (Wildman–Crippen MR) is 84.2 cm³/mol. The highest BCUT2D eigenvalue weighted by Crippen LogP contribution is 2.18. The maximum absolute atomic E-state index is 12.2. The van der Waals surface area contributed by atoms with Gasteiger partial charge in [0.2, 0.25) is 0 Å². The molecule has 1 N–H and O–H groups in total. The molecule has 0 bridgehead atoms. The van der Waals surface area contributed by atoms with Gasteiger partial charge in [0.05, 0.1) is 5.69 Å². The summed E-state index contributed by atoms with van der Waals surface area (Å²) in [6, 6.07) is 8.42. The summed E-state index contributed by atoms with van der Waals surface area (Å²) in [5.41, 5.74) is 2.33. The smallest absolute Gasteiger partial charge is 0.266 e. The molecule has 1 aliphatic rings. The third-order valence-electron chi connectivity index (χ3n) is 3.90. The van der Waals surface area contributed by atoms with E-state index in [1.807, 2.05) is 0 Å². The van der Waals surface area contributed by atoms with Crippen molar-refractivity contribution in [3.8, 4) is 0 Å². The first-order valence-corrected chi connectivity index (χ1v) is 7.53. The van der Waals surface area contributed by atoms with E-state index in [0.29, 0.717) is 17.0 Å². The quantitative estimate of drug-likeness (QED) is 0.917. The highest BCUT2D eigenvalue weighted by atomic mass is 35.5. The Morgan fingerprint density at radius 3 is 2.82 bits per heavy atom. The van der Waals surface area contributed by atoms with Gasteiger partial charge in [-0.2, -0.15) is 5.10 Å². The Hall–Kier alpha value is -2.14. The second-order valence-corrected chi connectivity index (χ2v) is 5.93. The lowest BCUT2D eigenvalue weighted by Crippen LogP contribution is -2.40.